The molecule has 0 fully saturated rings. The Kier molecular flexibility index (Phi) is 4.92. The van der Waals surface area contributed by atoms with Gasteiger partial charge in [-0.3, -0.25) is 9.38 Å². The van der Waals surface area contributed by atoms with Crippen LogP contribution in [-0.4, -0.2) is 33.5 Å². The van der Waals surface area contributed by atoms with E-state index in [9.17, 15) is 21.6 Å². The van der Waals surface area contributed by atoms with Gasteiger partial charge < -0.3 is 4.98 Å². The van der Waals surface area contributed by atoms with Crippen LogP contribution >= 0.6 is 0 Å². The number of aromatic nitrogens is 4. The third-order valence-electron chi connectivity index (χ3n) is 3.82. The summed E-state index contributed by atoms with van der Waals surface area (Å²) in [5.41, 5.74) is 1.22. The van der Waals surface area contributed by atoms with Gasteiger partial charge in [0.15, 0.2) is 14.9 Å². The van der Waals surface area contributed by atoms with E-state index in [1.165, 1.54) is 6.92 Å². The minimum atomic E-state index is -4.47. The summed E-state index contributed by atoms with van der Waals surface area (Å²) in [6.45, 7) is 1.46. The van der Waals surface area contributed by atoms with E-state index >= 15 is 0 Å². The third-order valence-corrected chi connectivity index (χ3v) is 5.52. The quantitative estimate of drug-likeness (QED) is 0.560. The SMILES string of the molecule is CCS(=O)(=O)c1cnc2cc(C(F)(F)F)ccn12.c1cnc2cc[nH]c2c1. The number of hydrogen-bond acceptors (Lipinski definition) is 4. The van der Waals surface area contributed by atoms with Crippen molar-refractivity contribution in [1.29, 1.82) is 0 Å². The van der Waals surface area contributed by atoms with E-state index in [-0.39, 0.29) is 16.4 Å². The molecular weight excluding hydrogens is 381 g/mol. The highest BCUT2D eigenvalue weighted by molar-refractivity contribution is 7.91. The maximum atomic E-state index is 12.5. The molecule has 4 heterocycles. The number of imidazole rings is 1. The molecule has 0 atom stereocenters. The summed E-state index contributed by atoms with van der Waals surface area (Å²) in [5.74, 6) is -0.137. The first-order valence-electron chi connectivity index (χ1n) is 7.87. The maximum absolute atomic E-state index is 12.5. The molecule has 0 radical (unpaired) electrons. The molecule has 0 aliphatic heterocycles. The van der Waals surface area contributed by atoms with Gasteiger partial charge in [0.25, 0.3) is 0 Å². The van der Waals surface area contributed by atoms with Crippen molar-refractivity contribution in [2.45, 2.75) is 18.1 Å². The number of fused-ring (bicyclic) bond motifs is 2. The van der Waals surface area contributed by atoms with Crippen LogP contribution in [0.15, 0.2) is 60.1 Å². The molecule has 1 N–H and O–H groups in total. The van der Waals surface area contributed by atoms with Crippen LogP contribution in [0.1, 0.15) is 12.5 Å². The Hall–Kier alpha value is -2.88. The average molecular weight is 396 g/mol. The Morgan fingerprint density at radius 1 is 1.19 bits per heavy atom. The van der Waals surface area contributed by atoms with Gasteiger partial charge in [-0.05, 0) is 30.3 Å². The van der Waals surface area contributed by atoms with Crippen LogP contribution < -0.4 is 0 Å². The standard InChI is InChI=1S/C10H9F3N2O2S.C7H6N2/c1-2-18(16,17)9-6-14-8-5-7(10(11,12)13)3-4-15(8)9;1-2-6-7(8-4-1)3-5-9-6/h3-6H,2H2,1H3;1-5,9H. The van der Waals surface area contributed by atoms with Crippen molar-refractivity contribution < 1.29 is 21.6 Å². The molecule has 6 nitrogen and oxygen atoms in total. The first kappa shape index (κ1) is 18.9. The molecule has 0 aromatic carbocycles. The lowest BCUT2D eigenvalue weighted by atomic mass is 10.2. The first-order valence-corrected chi connectivity index (χ1v) is 9.53. The zero-order chi connectivity index (χ0) is 19.7. The zero-order valence-corrected chi connectivity index (χ0v) is 14.9. The second-order valence-electron chi connectivity index (χ2n) is 5.56. The molecule has 0 unspecified atom stereocenters. The van der Waals surface area contributed by atoms with Crippen molar-refractivity contribution in [1.82, 2.24) is 19.4 Å². The van der Waals surface area contributed by atoms with E-state index in [0.29, 0.717) is 0 Å². The van der Waals surface area contributed by atoms with Gasteiger partial charge in [0.2, 0.25) is 0 Å². The largest absolute Gasteiger partial charge is 0.416 e. The molecule has 0 spiro atoms. The summed E-state index contributed by atoms with van der Waals surface area (Å²) in [7, 11) is -3.51. The molecule has 0 amide bonds. The average Bonchev–Trinajstić information content (AvgIpc) is 3.28. The Morgan fingerprint density at radius 2 is 1.96 bits per heavy atom. The topological polar surface area (TPSA) is 80.1 Å². The zero-order valence-electron chi connectivity index (χ0n) is 14.1. The number of rotatable bonds is 2. The number of sulfone groups is 1. The molecule has 0 bridgehead atoms. The van der Waals surface area contributed by atoms with Crippen molar-refractivity contribution in [3.63, 3.8) is 0 Å². The fourth-order valence-corrected chi connectivity index (χ4v) is 3.36. The highest BCUT2D eigenvalue weighted by Gasteiger charge is 2.31. The second-order valence-corrected chi connectivity index (χ2v) is 7.78. The molecule has 0 saturated carbocycles. The summed E-state index contributed by atoms with van der Waals surface area (Å²) >= 11 is 0. The van der Waals surface area contributed by atoms with E-state index in [1.807, 2.05) is 24.4 Å². The van der Waals surface area contributed by atoms with Crippen LogP contribution in [-0.2, 0) is 16.0 Å². The van der Waals surface area contributed by atoms with Crippen molar-refractivity contribution >= 4 is 26.5 Å². The first-order chi connectivity index (χ1) is 12.7. The van der Waals surface area contributed by atoms with Crippen LogP contribution in [0.2, 0.25) is 0 Å². The molecule has 0 aliphatic carbocycles. The summed E-state index contributed by atoms with van der Waals surface area (Å²) in [4.78, 5) is 10.9. The summed E-state index contributed by atoms with van der Waals surface area (Å²) in [6.07, 6.45) is 1.33. The van der Waals surface area contributed by atoms with E-state index < -0.39 is 21.6 Å². The van der Waals surface area contributed by atoms with Crippen LogP contribution in [0.25, 0.3) is 16.7 Å². The summed E-state index contributed by atoms with van der Waals surface area (Å²) < 4.78 is 61.9. The predicted molar refractivity (Wildman–Crippen MR) is 94.0 cm³/mol. The van der Waals surface area contributed by atoms with Gasteiger partial charge >= 0.3 is 6.18 Å². The number of hydrogen-bond donors (Lipinski definition) is 1. The maximum Gasteiger partial charge on any atom is 0.416 e. The molecule has 4 rings (SSSR count). The normalized spacial score (nSPS) is 12.1. The number of halogens is 3. The van der Waals surface area contributed by atoms with E-state index in [4.69, 9.17) is 0 Å². The van der Waals surface area contributed by atoms with E-state index in [0.717, 1.165) is 40.0 Å². The lowest BCUT2D eigenvalue weighted by Crippen LogP contribution is -2.09. The fourth-order valence-electron chi connectivity index (χ4n) is 2.39. The van der Waals surface area contributed by atoms with Crippen molar-refractivity contribution in [2.24, 2.45) is 0 Å². The Labute approximate surface area is 152 Å². The Balaban J connectivity index is 0.000000193. The fraction of sp³-hybridized carbons (Fsp3) is 0.176. The summed E-state index contributed by atoms with van der Waals surface area (Å²) in [6, 6.07) is 7.51. The predicted octanol–water partition coefficient (Wildman–Crippen LogP) is 3.71. The van der Waals surface area contributed by atoms with E-state index in [2.05, 4.69) is 15.0 Å². The lowest BCUT2D eigenvalue weighted by Gasteiger charge is -2.07. The van der Waals surface area contributed by atoms with Gasteiger partial charge in [-0.25, -0.2) is 13.4 Å². The van der Waals surface area contributed by atoms with Gasteiger partial charge in [-0.1, -0.05) is 6.92 Å². The number of H-pyrrole nitrogens is 1. The molecule has 0 saturated heterocycles. The molecule has 142 valence electrons. The number of aromatic amines is 1. The van der Waals surface area contributed by atoms with Gasteiger partial charge in [0.05, 0.1) is 28.5 Å². The van der Waals surface area contributed by atoms with Gasteiger partial charge in [0.1, 0.15) is 5.65 Å². The van der Waals surface area contributed by atoms with Crippen LogP contribution in [0.3, 0.4) is 0 Å². The van der Waals surface area contributed by atoms with Crippen LogP contribution in [0, 0.1) is 0 Å². The summed E-state index contributed by atoms with van der Waals surface area (Å²) in [5, 5.41) is -0.103. The van der Waals surface area contributed by atoms with Crippen LogP contribution in [0.5, 0.6) is 0 Å². The molecule has 27 heavy (non-hydrogen) atoms. The van der Waals surface area contributed by atoms with Crippen molar-refractivity contribution in [3.8, 4) is 0 Å². The smallest absolute Gasteiger partial charge is 0.360 e. The number of nitrogens with one attached hydrogen (secondary N) is 1. The Bertz CT molecular complexity index is 1150. The van der Waals surface area contributed by atoms with Gasteiger partial charge in [-0.2, -0.15) is 13.2 Å². The number of alkyl halides is 3. The molecule has 4 aromatic rings. The number of pyridine rings is 2. The van der Waals surface area contributed by atoms with E-state index in [1.54, 1.807) is 6.20 Å². The highest BCUT2D eigenvalue weighted by atomic mass is 32.2. The molecule has 0 aliphatic rings. The van der Waals surface area contributed by atoms with Crippen LogP contribution in [0.4, 0.5) is 13.2 Å². The minimum Gasteiger partial charge on any atom is -0.360 e. The van der Waals surface area contributed by atoms with Gasteiger partial charge in [0, 0.05) is 18.6 Å². The highest BCUT2D eigenvalue weighted by Crippen LogP contribution is 2.30. The van der Waals surface area contributed by atoms with Crippen molar-refractivity contribution in [2.75, 3.05) is 5.75 Å². The molecular formula is C17H15F3N4O2S. The minimum absolute atomic E-state index is 0.0446. The monoisotopic (exact) mass is 396 g/mol. The second kappa shape index (κ2) is 7.03. The number of nitrogens with zero attached hydrogens (tertiary/aromatic N) is 3. The molecule has 10 heteroatoms. The third kappa shape index (κ3) is 3.95. The lowest BCUT2D eigenvalue weighted by molar-refractivity contribution is -0.137. The van der Waals surface area contributed by atoms with Crippen molar-refractivity contribution in [3.05, 3.63) is 60.7 Å². The molecule has 4 aromatic heterocycles. The Morgan fingerprint density at radius 3 is 2.63 bits per heavy atom. The van der Waals surface area contributed by atoms with Gasteiger partial charge in [-0.15, -0.1) is 0 Å².